The van der Waals surface area contributed by atoms with E-state index in [1.807, 2.05) is 11.9 Å². The number of aromatic amines is 1. The third-order valence-corrected chi connectivity index (χ3v) is 4.67. The molecule has 12 heteroatoms. The van der Waals surface area contributed by atoms with Gasteiger partial charge in [-0.2, -0.15) is 0 Å². The largest absolute Gasteiger partial charge is 0.387 e. The van der Waals surface area contributed by atoms with Gasteiger partial charge in [-0.25, -0.2) is 25.2 Å². The molecule has 0 aromatic carbocycles. The molecule has 7 N–H and O–H groups in total. The van der Waals surface area contributed by atoms with Crippen LogP contribution in [-0.4, -0.2) is 79.7 Å². The van der Waals surface area contributed by atoms with Crippen molar-refractivity contribution in [2.45, 2.75) is 37.4 Å². The monoisotopic (exact) mass is 383 g/mol. The number of likely N-dealkylation sites (N-methyl/N-ethyl adjacent to an activating group) is 1. The second kappa shape index (κ2) is 8.29. The van der Waals surface area contributed by atoms with Gasteiger partial charge in [0.15, 0.2) is 17.7 Å². The summed E-state index contributed by atoms with van der Waals surface area (Å²) in [5, 5.41) is 20.8. The first kappa shape index (κ1) is 19.7. The fourth-order valence-electron chi connectivity index (χ4n) is 3.25. The number of nitrogens with zero attached hydrogens (tertiary/aromatic N) is 4. The number of aliphatic hydroxyl groups is 2. The normalized spacial score (nSPS) is 25.7. The number of rotatable bonds is 8. The van der Waals surface area contributed by atoms with Gasteiger partial charge in [0.1, 0.15) is 30.2 Å². The minimum absolute atomic E-state index is 0.113. The molecule has 2 aromatic heterocycles. The van der Waals surface area contributed by atoms with Crippen LogP contribution in [0.5, 0.6) is 0 Å². The van der Waals surface area contributed by atoms with Crippen LogP contribution < -0.4 is 17.3 Å². The van der Waals surface area contributed by atoms with E-state index >= 15 is 0 Å². The van der Waals surface area contributed by atoms with Crippen LogP contribution in [0.15, 0.2) is 11.1 Å². The van der Waals surface area contributed by atoms with Gasteiger partial charge < -0.3 is 35.4 Å². The Kier molecular flexibility index (Phi) is 6.04. The van der Waals surface area contributed by atoms with E-state index in [1.165, 1.54) is 6.33 Å². The summed E-state index contributed by atoms with van der Waals surface area (Å²) in [5.74, 6) is 5.10. The Morgan fingerprint density at radius 3 is 2.89 bits per heavy atom. The number of nitrogens with one attached hydrogen (secondary N) is 1. The number of aromatic nitrogens is 4. The zero-order chi connectivity index (χ0) is 19.6. The highest BCUT2D eigenvalue weighted by atomic mass is 16.6. The minimum atomic E-state index is -1.29. The molecule has 27 heavy (non-hydrogen) atoms. The van der Waals surface area contributed by atoms with Crippen molar-refractivity contribution in [2.24, 2.45) is 5.90 Å². The lowest BCUT2D eigenvalue weighted by Crippen LogP contribution is -2.39. The average molecular weight is 383 g/mol. The molecule has 0 saturated carbocycles. The fraction of sp³-hybridized carbons (Fsp3) is 0.667. The van der Waals surface area contributed by atoms with E-state index in [0.717, 1.165) is 24.0 Å². The number of nitrogen functional groups attached to an aromatic ring is 1. The Balaban J connectivity index is 1.73. The molecular weight excluding hydrogens is 358 g/mol. The molecule has 1 aliphatic heterocycles. The van der Waals surface area contributed by atoms with Gasteiger partial charge in [0.25, 0.3) is 0 Å². The Labute approximate surface area is 154 Å². The first-order valence-corrected chi connectivity index (χ1v) is 8.66. The Morgan fingerprint density at radius 2 is 2.15 bits per heavy atom. The first-order valence-electron chi connectivity index (χ1n) is 8.66. The molecule has 150 valence electrons. The molecule has 1 saturated heterocycles. The number of nitrogens with two attached hydrogens (primary N) is 2. The SMILES string of the molecule is CN(CCCCON)C[C@H]1O[C@@H](n2c(=O)[nH]c3c(N)ncnc32)[C@H](O)[C@@H]1O. The van der Waals surface area contributed by atoms with E-state index in [9.17, 15) is 15.0 Å². The zero-order valence-corrected chi connectivity index (χ0v) is 15.0. The van der Waals surface area contributed by atoms with Crippen LogP contribution in [0, 0.1) is 0 Å². The molecule has 0 unspecified atom stereocenters. The van der Waals surface area contributed by atoms with E-state index in [-0.39, 0.29) is 17.0 Å². The Bertz CT molecular complexity index is 824. The van der Waals surface area contributed by atoms with Crippen LogP contribution in [0.1, 0.15) is 19.1 Å². The molecule has 0 bridgehead atoms. The second-order valence-corrected chi connectivity index (χ2v) is 6.64. The van der Waals surface area contributed by atoms with Crippen molar-refractivity contribution in [3.63, 3.8) is 0 Å². The lowest BCUT2D eigenvalue weighted by molar-refractivity contribution is -0.0438. The van der Waals surface area contributed by atoms with Gasteiger partial charge in [-0.3, -0.25) is 0 Å². The number of H-pyrrole nitrogens is 1. The van der Waals surface area contributed by atoms with Gasteiger partial charge in [0.05, 0.1) is 6.61 Å². The molecule has 1 fully saturated rings. The van der Waals surface area contributed by atoms with Crippen molar-refractivity contribution in [2.75, 3.05) is 32.5 Å². The number of fused-ring (bicyclic) bond motifs is 1. The molecule has 0 radical (unpaired) electrons. The average Bonchev–Trinajstić information content (AvgIpc) is 3.11. The van der Waals surface area contributed by atoms with Crippen LogP contribution >= 0.6 is 0 Å². The zero-order valence-electron chi connectivity index (χ0n) is 15.0. The van der Waals surface area contributed by atoms with E-state index in [4.69, 9.17) is 16.4 Å². The second-order valence-electron chi connectivity index (χ2n) is 6.64. The smallest absolute Gasteiger partial charge is 0.330 e. The number of unbranched alkanes of at least 4 members (excludes halogenated alkanes) is 1. The lowest BCUT2D eigenvalue weighted by Gasteiger charge is -2.22. The molecule has 1 aliphatic rings. The van der Waals surface area contributed by atoms with Crippen molar-refractivity contribution >= 4 is 17.0 Å². The summed E-state index contributed by atoms with van der Waals surface area (Å²) in [6.45, 7) is 1.60. The maximum atomic E-state index is 12.3. The molecule has 3 heterocycles. The van der Waals surface area contributed by atoms with Gasteiger partial charge in [-0.05, 0) is 26.4 Å². The van der Waals surface area contributed by atoms with Gasteiger partial charge in [-0.1, -0.05) is 0 Å². The van der Waals surface area contributed by atoms with Crippen LogP contribution in [0.4, 0.5) is 5.82 Å². The molecule has 3 rings (SSSR count). The summed E-state index contributed by atoms with van der Waals surface area (Å²) in [6.07, 6.45) is -1.30. The van der Waals surface area contributed by atoms with E-state index < -0.39 is 30.2 Å². The van der Waals surface area contributed by atoms with Gasteiger partial charge in [0.2, 0.25) is 0 Å². The van der Waals surface area contributed by atoms with Gasteiger partial charge in [-0.15, -0.1) is 0 Å². The molecule has 4 atom stereocenters. The third kappa shape index (κ3) is 3.95. The van der Waals surface area contributed by atoms with Crippen molar-refractivity contribution in [3.05, 3.63) is 16.8 Å². The number of imidazole rings is 1. The van der Waals surface area contributed by atoms with Crippen molar-refractivity contribution in [1.82, 2.24) is 24.4 Å². The Morgan fingerprint density at radius 1 is 1.37 bits per heavy atom. The quantitative estimate of drug-likeness (QED) is 0.251. The number of anilines is 1. The van der Waals surface area contributed by atoms with E-state index in [0.29, 0.717) is 13.2 Å². The van der Waals surface area contributed by atoms with E-state index in [1.54, 1.807) is 0 Å². The highest BCUT2D eigenvalue weighted by molar-refractivity contribution is 5.81. The third-order valence-electron chi connectivity index (χ3n) is 4.67. The number of hydrogen-bond acceptors (Lipinski definition) is 10. The topological polar surface area (TPSA) is 178 Å². The fourth-order valence-corrected chi connectivity index (χ4v) is 3.25. The predicted molar refractivity (Wildman–Crippen MR) is 95.4 cm³/mol. The molecule has 2 aromatic rings. The summed E-state index contributed by atoms with van der Waals surface area (Å²) in [4.78, 5) is 29.3. The summed E-state index contributed by atoms with van der Waals surface area (Å²) >= 11 is 0. The van der Waals surface area contributed by atoms with Crippen LogP contribution in [0.25, 0.3) is 11.2 Å². The van der Waals surface area contributed by atoms with Gasteiger partial charge >= 0.3 is 5.69 Å². The highest BCUT2D eigenvalue weighted by Crippen LogP contribution is 2.31. The molecule has 12 nitrogen and oxygen atoms in total. The summed E-state index contributed by atoms with van der Waals surface area (Å²) in [7, 11) is 1.88. The van der Waals surface area contributed by atoms with Crippen molar-refractivity contribution < 1.29 is 19.8 Å². The van der Waals surface area contributed by atoms with Crippen LogP contribution in [0.3, 0.4) is 0 Å². The summed E-state index contributed by atoms with van der Waals surface area (Å²) in [5.41, 5.74) is 5.67. The van der Waals surface area contributed by atoms with Crippen LogP contribution in [0.2, 0.25) is 0 Å². The Hall–Kier alpha value is -2.09. The highest BCUT2D eigenvalue weighted by Gasteiger charge is 2.45. The molecule has 0 amide bonds. The van der Waals surface area contributed by atoms with Crippen LogP contribution in [-0.2, 0) is 9.57 Å². The molecular formula is C15H25N7O5. The van der Waals surface area contributed by atoms with E-state index in [2.05, 4.69) is 19.8 Å². The maximum Gasteiger partial charge on any atom is 0.330 e. The standard InChI is InChI=1S/C15H25N7O5/c1-21(4-2-3-5-26-17)6-8-10(23)11(24)14(27-8)22-13-9(20-15(22)25)12(16)18-7-19-13/h7-8,10-11,14,23-24H,2-6,17H2,1H3,(H,20,25)(H2,16,18,19)/t8-,10-,11-,14-/m1/s1. The predicted octanol–water partition coefficient (Wildman–Crippen LogP) is -2.08. The summed E-state index contributed by atoms with van der Waals surface area (Å²) < 4.78 is 6.97. The number of ether oxygens (including phenoxy) is 1. The van der Waals surface area contributed by atoms with Crippen molar-refractivity contribution in [3.8, 4) is 0 Å². The molecule has 0 aliphatic carbocycles. The van der Waals surface area contributed by atoms with Crippen molar-refractivity contribution in [1.29, 1.82) is 0 Å². The number of hydrogen-bond donors (Lipinski definition) is 5. The minimum Gasteiger partial charge on any atom is -0.387 e. The maximum absolute atomic E-state index is 12.3. The van der Waals surface area contributed by atoms with Gasteiger partial charge in [0, 0.05) is 6.54 Å². The molecule has 0 spiro atoms. The lowest BCUT2D eigenvalue weighted by atomic mass is 10.1. The number of aliphatic hydroxyl groups excluding tert-OH is 2. The first-order chi connectivity index (χ1) is 12.9. The summed E-state index contributed by atoms with van der Waals surface area (Å²) in [6, 6.07) is 0.